The predicted octanol–water partition coefficient (Wildman–Crippen LogP) is 3.33. The summed E-state index contributed by atoms with van der Waals surface area (Å²) in [6.07, 6.45) is 0. The third kappa shape index (κ3) is 3.00. The number of methoxy groups -OCH3 is 1. The number of hydrogen-bond acceptors (Lipinski definition) is 5. The molecule has 0 unspecified atom stereocenters. The minimum atomic E-state index is -0.553. The number of nitriles is 2. The molecule has 1 aliphatic heterocycles. The van der Waals surface area contributed by atoms with E-state index in [4.69, 9.17) is 15.2 Å². The van der Waals surface area contributed by atoms with Crippen molar-refractivity contribution in [1.82, 2.24) is 0 Å². The maximum absolute atomic E-state index is 9.69. The molecule has 0 saturated carbocycles. The molecular weight excluding hydrogens is 290 g/mol. The highest BCUT2D eigenvalue weighted by Crippen LogP contribution is 2.44. The van der Waals surface area contributed by atoms with Crippen LogP contribution >= 0.6 is 0 Å². The zero-order chi connectivity index (χ0) is 17.2. The van der Waals surface area contributed by atoms with Crippen molar-refractivity contribution in [2.45, 2.75) is 26.7 Å². The first-order valence-corrected chi connectivity index (χ1v) is 7.19. The van der Waals surface area contributed by atoms with E-state index in [0.29, 0.717) is 17.1 Å². The summed E-state index contributed by atoms with van der Waals surface area (Å²) in [6.45, 7) is 5.81. The van der Waals surface area contributed by atoms with E-state index in [9.17, 15) is 10.5 Å². The third-order valence-corrected chi connectivity index (χ3v) is 3.65. The SMILES string of the molecule is COc1cccc([C@H]2C(C#N)=C(N)OC(C(C)(C)C)=C2C#N)c1. The van der Waals surface area contributed by atoms with Gasteiger partial charge in [-0.3, -0.25) is 0 Å². The van der Waals surface area contributed by atoms with Crippen molar-refractivity contribution in [1.29, 1.82) is 10.5 Å². The second-order valence-corrected chi connectivity index (χ2v) is 6.31. The third-order valence-electron chi connectivity index (χ3n) is 3.65. The number of rotatable bonds is 2. The fraction of sp³-hybridized carbons (Fsp3) is 0.333. The Morgan fingerprint density at radius 1 is 1.17 bits per heavy atom. The van der Waals surface area contributed by atoms with Crippen LogP contribution in [-0.4, -0.2) is 7.11 Å². The maximum Gasteiger partial charge on any atom is 0.205 e. The van der Waals surface area contributed by atoms with Crippen molar-refractivity contribution in [3.8, 4) is 17.9 Å². The van der Waals surface area contributed by atoms with Gasteiger partial charge in [0.15, 0.2) is 0 Å². The summed E-state index contributed by atoms with van der Waals surface area (Å²) in [5.41, 5.74) is 6.95. The van der Waals surface area contributed by atoms with E-state index in [1.807, 2.05) is 39.0 Å². The summed E-state index contributed by atoms with van der Waals surface area (Å²) in [7, 11) is 1.57. The van der Waals surface area contributed by atoms with Crippen LogP contribution in [0, 0.1) is 28.1 Å². The van der Waals surface area contributed by atoms with E-state index in [-0.39, 0.29) is 11.5 Å². The fourth-order valence-corrected chi connectivity index (χ4v) is 2.58. The predicted molar refractivity (Wildman–Crippen MR) is 85.7 cm³/mol. The molecule has 0 aliphatic carbocycles. The number of benzene rings is 1. The molecule has 2 N–H and O–H groups in total. The van der Waals surface area contributed by atoms with E-state index in [1.54, 1.807) is 13.2 Å². The van der Waals surface area contributed by atoms with E-state index in [2.05, 4.69) is 12.1 Å². The standard InChI is InChI=1S/C18H19N3O2/c1-18(2,3)16-13(9-19)15(14(10-20)17(21)23-16)11-6-5-7-12(8-11)22-4/h5-8,15H,21H2,1-4H3/t15-/m1/s1. The normalized spacial score (nSPS) is 18.1. The Morgan fingerprint density at radius 2 is 1.83 bits per heavy atom. The van der Waals surface area contributed by atoms with E-state index < -0.39 is 11.3 Å². The number of nitrogens with zero attached hydrogens (tertiary/aromatic N) is 2. The van der Waals surface area contributed by atoms with E-state index >= 15 is 0 Å². The van der Waals surface area contributed by atoms with Gasteiger partial charge in [-0.25, -0.2) is 0 Å². The Morgan fingerprint density at radius 3 is 2.35 bits per heavy atom. The Hall–Kier alpha value is -2.92. The lowest BCUT2D eigenvalue weighted by Gasteiger charge is -2.32. The molecule has 1 aromatic carbocycles. The molecule has 1 aliphatic rings. The Kier molecular flexibility index (Phi) is 4.33. The Bertz CT molecular complexity index is 771. The number of nitrogens with two attached hydrogens (primary N) is 1. The summed E-state index contributed by atoms with van der Waals surface area (Å²) < 4.78 is 10.9. The van der Waals surface area contributed by atoms with Crippen molar-refractivity contribution < 1.29 is 9.47 Å². The second kappa shape index (κ2) is 6.06. The van der Waals surface area contributed by atoms with Gasteiger partial charge in [-0.1, -0.05) is 32.9 Å². The lowest BCUT2D eigenvalue weighted by molar-refractivity contribution is 0.199. The van der Waals surface area contributed by atoms with Gasteiger partial charge in [-0.05, 0) is 17.7 Å². The quantitative estimate of drug-likeness (QED) is 0.904. The van der Waals surface area contributed by atoms with Crippen LogP contribution in [-0.2, 0) is 4.74 Å². The highest BCUT2D eigenvalue weighted by atomic mass is 16.5. The summed E-state index contributed by atoms with van der Waals surface area (Å²) in [4.78, 5) is 0. The van der Waals surface area contributed by atoms with Crippen molar-refractivity contribution >= 4 is 0 Å². The van der Waals surface area contributed by atoms with Crippen LogP contribution in [0.5, 0.6) is 5.75 Å². The van der Waals surface area contributed by atoms with Gasteiger partial charge < -0.3 is 15.2 Å². The minimum Gasteiger partial charge on any atom is -0.497 e. The molecule has 0 aromatic heterocycles. The highest BCUT2D eigenvalue weighted by molar-refractivity contribution is 5.54. The van der Waals surface area contributed by atoms with Gasteiger partial charge in [0.05, 0.1) is 24.7 Å². The lowest BCUT2D eigenvalue weighted by Crippen LogP contribution is -2.26. The van der Waals surface area contributed by atoms with Crippen molar-refractivity contribution in [2.24, 2.45) is 11.1 Å². The molecule has 2 rings (SSSR count). The molecule has 23 heavy (non-hydrogen) atoms. The molecule has 5 heteroatoms. The molecule has 0 bridgehead atoms. The molecule has 0 saturated heterocycles. The molecule has 1 atom stereocenters. The van der Waals surface area contributed by atoms with Crippen molar-refractivity contribution in [3.63, 3.8) is 0 Å². The zero-order valence-electron chi connectivity index (χ0n) is 13.7. The van der Waals surface area contributed by atoms with Gasteiger partial charge in [0, 0.05) is 5.41 Å². The minimum absolute atomic E-state index is 0.0456. The summed E-state index contributed by atoms with van der Waals surface area (Å²) in [5, 5.41) is 19.2. The molecule has 1 heterocycles. The monoisotopic (exact) mass is 309 g/mol. The average Bonchev–Trinajstić information content (AvgIpc) is 2.52. The molecule has 5 nitrogen and oxygen atoms in total. The summed E-state index contributed by atoms with van der Waals surface area (Å²) >= 11 is 0. The topological polar surface area (TPSA) is 92.1 Å². The van der Waals surface area contributed by atoms with Gasteiger partial charge >= 0.3 is 0 Å². The molecule has 0 radical (unpaired) electrons. The van der Waals surface area contributed by atoms with Gasteiger partial charge in [0.25, 0.3) is 0 Å². The van der Waals surface area contributed by atoms with Crippen LogP contribution in [0.15, 0.2) is 47.1 Å². The van der Waals surface area contributed by atoms with Crippen molar-refractivity contribution in [3.05, 3.63) is 52.6 Å². The molecule has 0 fully saturated rings. The van der Waals surface area contributed by atoms with Crippen LogP contribution in [0.2, 0.25) is 0 Å². The lowest BCUT2D eigenvalue weighted by atomic mass is 9.79. The summed E-state index contributed by atoms with van der Waals surface area (Å²) in [6, 6.07) is 11.6. The first-order valence-electron chi connectivity index (χ1n) is 7.19. The van der Waals surface area contributed by atoms with Crippen molar-refractivity contribution in [2.75, 3.05) is 7.11 Å². The van der Waals surface area contributed by atoms with Gasteiger partial charge in [-0.15, -0.1) is 0 Å². The average molecular weight is 309 g/mol. The molecule has 0 spiro atoms. The van der Waals surface area contributed by atoms with Gasteiger partial charge in [0.2, 0.25) is 5.88 Å². The van der Waals surface area contributed by atoms with E-state index in [1.165, 1.54) is 0 Å². The summed E-state index contributed by atoms with van der Waals surface area (Å²) in [5.74, 6) is 0.635. The number of allylic oxidation sites excluding steroid dienone is 3. The maximum atomic E-state index is 9.69. The molecule has 118 valence electrons. The second-order valence-electron chi connectivity index (χ2n) is 6.31. The Labute approximate surface area is 136 Å². The number of hydrogen-bond donors (Lipinski definition) is 1. The first kappa shape index (κ1) is 16.5. The fourth-order valence-electron chi connectivity index (χ4n) is 2.58. The Balaban J connectivity index is 2.72. The highest BCUT2D eigenvalue weighted by Gasteiger charge is 2.37. The van der Waals surface area contributed by atoms with E-state index in [0.717, 1.165) is 5.56 Å². The van der Waals surface area contributed by atoms with Crippen LogP contribution in [0.25, 0.3) is 0 Å². The van der Waals surface area contributed by atoms with Crippen LogP contribution < -0.4 is 10.5 Å². The van der Waals surface area contributed by atoms with Gasteiger partial charge in [-0.2, -0.15) is 10.5 Å². The smallest absolute Gasteiger partial charge is 0.205 e. The molecular formula is C18H19N3O2. The van der Waals surface area contributed by atoms with Crippen LogP contribution in [0.1, 0.15) is 32.3 Å². The van der Waals surface area contributed by atoms with Crippen LogP contribution in [0.3, 0.4) is 0 Å². The largest absolute Gasteiger partial charge is 0.497 e. The first-order chi connectivity index (χ1) is 10.8. The zero-order valence-corrected chi connectivity index (χ0v) is 13.7. The number of ether oxygens (including phenoxy) is 2. The van der Waals surface area contributed by atoms with Gasteiger partial charge in [0.1, 0.15) is 23.2 Å². The molecule has 1 aromatic rings. The molecule has 0 amide bonds. The van der Waals surface area contributed by atoms with Crippen LogP contribution in [0.4, 0.5) is 0 Å².